The maximum atomic E-state index is 11.9. The van der Waals surface area contributed by atoms with Crippen molar-refractivity contribution in [2.24, 2.45) is 0 Å². The van der Waals surface area contributed by atoms with Crippen LogP contribution < -0.4 is 10.6 Å². The van der Waals surface area contributed by atoms with E-state index < -0.39 is 0 Å². The molecule has 0 bridgehead atoms. The number of carbonyl (C=O) groups is 1. The number of nitrogens with one attached hydrogen (secondary N) is 2. The second kappa shape index (κ2) is 6.57. The van der Waals surface area contributed by atoms with Crippen LogP contribution in [0.1, 0.15) is 6.42 Å². The van der Waals surface area contributed by atoms with E-state index in [1.54, 1.807) is 18.2 Å². The summed E-state index contributed by atoms with van der Waals surface area (Å²) in [7, 11) is 1.95. The fraction of sp³-hybridized carbons (Fsp3) is 0.462. The molecule has 1 aromatic carbocycles. The van der Waals surface area contributed by atoms with E-state index in [0.717, 1.165) is 19.5 Å². The normalized spacial score (nSPS) is 19.6. The van der Waals surface area contributed by atoms with E-state index in [9.17, 15) is 4.79 Å². The van der Waals surface area contributed by atoms with Gasteiger partial charge in [0, 0.05) is 24.8 Å². The van der Waals surface area contributed by atoms with E-state index in [4.69, 9.17) is 23.2 Å². The molecule has 0 aliphatic carbocycles. The molecule has 1 amide bonds. The fourth-order valence-corrected chi connectivity index (χ4v) is 2.49. The highest BCUT2D eigenvalue weighted by molar-refractivity contribution is 6.42. The lowest BCUT2D eigenvalue weighted by atomic mass is 10.3. The van der Waals surface area contributed by atoms with Crippen molar-refractivity contribution in [3.05, 3.63) is 28.2 Å². The third-order valence-corrected chi connectivity index (χ3v) is 3.99. The molecule has 1 aliphatic rings. The Morgan fingerprint density at radius 1 is 1.42 bits per heavy atom. The van der Waals surface area contributed by atoms with Crippen molar-refractivity contribution < 1.29 is 4.79 Å². The molecule has 1 atom stereocenters. The van der Waals surface area contributed by atoms with Gasteiger partial charge in [0.25, 0.3) is 0 Å². The van der Waals surface area contributed by atoms with Crippen LogP contribution in [0.2, 0.25) is 10.0 Å². The zero-order valence-electron chi connectivity index (χ0n) is 10.7. The van der Waals surface area contributed by atoms with Gasteiger partial charge in [-0.25, -0.2) is 0 Å². The number of amides is 1. The predicted molar refractivity (Wildman–Crippen MR) is 79.0 cm³/mol. The molecule has 6 heteroatoms. The monoisotopic (exact) mass is 301 g/mol. The first-order chi connectivity index (χ1) is 9.08. The molecule has 1 fully saturated rings. The van der Waals surface area contributed by atoms with Gasteiger partial charge in [-0.2, -0.15) is 0 Å². The average Bonchev–Trinajstić information content (AvgIpc) is 2.81. The number of nitrogens with zero attached hydrogens (tertiary/aromatic N) is 1. The SMILES string of the molecule is CNC1CCN(CC(=O)Nc2ccc(Cl)c(Cl)c2)C1. The predicted octanol–water partition coefficient (Wildman–Crippen LogP) is 2.23. The van der Waals surface area contributed by atoms with Crippen LogP contribution in [0, 0.1) is 0 Å². The molecule has 19 heavy (non-hydrogen) atoms. The largest absolute Gasteiger partial charge is 0.325 e. The summed E-state index contributed by atoms with van der Waals surface area (Å²) in [6, 6.07) is 5.55. The van der Waals surface area contributed by atoms with E-state index >= 15 is 0 Å². The van der Waals surface area contributed by atoms with Crippen LogP contribution >= 0.6 is 23.2 Å². The molecule has 1 aromatic rings. The van der Waals surface area contributed by atoms with Crippen LogP contribution in [0.4, 0.5) is 5.69 Å². The number of likely N-dealkylation sites (N-methyl/N-ethyl adjacent to an activating group) is 1. The van der Waals surface area contributed by atoms with E-state index in [-0.39, 0.29) is 5.91 Å². The maximum Gasteiger partial charge on any atom is 0.238 e. The second-order valence-electron chi connectivity index (χ2n) is 4.69. The Morgan fingerprint density at radius 3 is 2.84 bits per heavy atom. The van der Waals surface area contributed by atoms with Gasteiger partial charge < -0.3 is 10.6 Å². The number of benzene rings is 1. The standard InChI is InChI=1S/C13H17Cl2N3O/c1-16-10-4-5-18(7-10)8-13(19)17-9-2-3-11(14)12(15)6-9/h2-3,6,10,16H,4-5,7-8H2,1H3,(H,17,19). The number of anilines is 1. The van der Waals surface area contributed by atoms with Gasteiger partial charge >= 0.3 is 0 Å². The van der Waals surface area contributed by atoms with E-state index in [1.807, 2.05) is 7.05 Å². The lowest BCUT2D eigenvalue weighted by Crippen LogP contribution is -2.34. The number of hydrogen-bond donors (Lipinski definition) is 2. The van der Waals surface area contributed by atoms with Crippen molar-refractivity contribution in [2.75, 3.05) is 32.0 Å². The first-order valence-electron chi connectivity index (χ1n) is 6.23. The molecule has 0 spiro atoms. The summed E-state index contributed by atoms with van der Waals surface area (Å²) in [6.45, 7) is 2.25. The Labute approximate surface area is 123 Å². The van der Waals surface area contributed by atoms with E-state index in [2.05, 4.69) is 15.5 Å². The minimum Gasteiger partial charge on any atom is -0.325 e. The van der Waals surface area contributed by atoms with Crippen molar-refractivity contribution in [2.45, 2.75) is 12.5 Å². The number of likely N-dealkylation sites (tertiary alicyclic amines) is 1. The highest BCUT2D eigenvalue weighted by atomic mass is 35.5. The highest BCUT2D eigenvalue weighted by Gasteiger charge is 2.22. The Kier molecular flexibility index (Phi) is 5.05. The van der Waals surface area contributed by atoms with Crippen molar-refractivity contribution in [1.82, 2.24) is 10.2 Å². The minimum atomic E-state index is -0.0323. The maximum absolute atomic E-state index is 11.9. The van der Waals surface area contributed by atoms with Crippen molar-refractivity contribution in [1.29, 1.82) is 0 Å². The van der Waals surface area contributed by atoms with Crippen LogP contribution in [0.3, 0.4) is 0 Å². The van der Waals surface area contributed by atoms with Gasteiger partial charge in [-0.05, 0) is 31.7 Å². The highest BCUT2D eigenvalue weighted by Crippen LogP contribution is 2.25. The van der Waals surface area contributed by atoms with Gasteiger partial charge in [0.1, 0.15) is 0 Å². The van der Waals surface area contributed by atoms with Gasteiger partial charge in [-0.3, -0.25) is 9.69 Å². The Balaban J connectivity index is 1.86. The third-order valence-electron chi connectivity index (χ3n) is 3.25. The average molecular weight is 302 g/mol. The molecule has 1 unspecified atom stereocenters. The molecule has 1 aliphatic heterocycles. The number of halogens is 2. The molecule has 104 valence electrons. The molecule has 1 saturated heterocycles. The van der Waals surface area contributed by atoms with Crippen LogP contribution in [0.5, 0.6) is 0 Å². The zero-order chi connectivity index (χ0) is 13.8. The topological polar surface area (TPSA) is 44.4 Å². The van der Waals surface area contributed by atoms with Gasteiger partial charge in [0.2, 0.25) is 5.91 Å². The zero-order valence-corrected chi connectivity index (χ0v) is 12.3. The number of carbonyl (C=O) groups excluding carboxylic acids is 1. The van der Waals surface area contributed by atoms with E-state index in [0.29, 0.717) is 28.3 Å². The van der Waals surface area contributed by atoms with Crippen LogP contribution in [0.15, 0.2) is 18.2 Å². The summed E-state index contributed by atoms with van der Waals surface area (Å²) < 4.78 is 0. The fourth-order valence-electron chi connectivity index (χ4n) is 2.19. The molecular formula is C13H17Cl2N3O. The molecule has 4 nitrogen and oxygen atoms in total. The first kappa shape index (κ1) is 14.6. The second-order valence-corrected chi connectivity index (χ2v) is 5.50. The summed E-state index contributed by atoms with van der Waals surface area (Å²) in [5.74, 6) is -0.0323. The summed E-state index contributed by atoms with van der Waals surface area (Å²) >= 11 is 11.7. The van der Waals surface area contributed by atoms with Gasteiger partial charge in [0.15, 0.2) is 0 Å². The summed E-state index contributed by atoms with van der Waals surface area (Å²) in [6.07, 6.45) is 1.08. The number of hydrogen-bond acceptors (Lipinski definition) is 3. The van der Waals surface area contributed by atoms with Crippen LogP contribution in [-0.2, 0) is 4.79 Å². The van der Waals surface area contributed by atoms with Crippen LogP contribution in [-0.4, -0.2) is 43.5 Å². The van der Waals surface area contributed by atoms with Crippen molar-refractivity contribution in [3.8, 4) is 0 Å². The third kappa shape index (κ3) is 4.08. The summed E-state index contributed by atoms with van der Waals surface area (Å²) in [5.41, 5.74) is 0.670. The number of rotatable bonds is 4. The van der Waals surface area contributed by atoms with Crippen molar-refractivity contribution in [3.63, 3.8) is 0 Å². The first-order valence-corrected chi connectivity index (χ1v) is 6.98. The summed E-state index contributed by atoms with van der Waals surface area (Å²) in [4.78, 5) is 14.0. The van der Waals surface area contributed by atoms with Gasteiger partial charge in [-0.15, -0.1) is 0 Å². The molecule has 2 N–H and O–H groups in total. The Morgan fingerprint density at radius 2 is 2.21 bits per heavy atom. The van der Waals surface area contributed by atoms with Crippen molar-refractivity contribution >= 4 is 34.8 Å². The lowest BCUT2D eigenvalue weighted by molar-refractivity contribution is -0.117. The molecule has 1 heterocycles. The smallest absolute Gasteiger partial charge is 0.238 e. The molecular weight excluding hydrogens is 285 g/mol. The minimum absolute atomic E-state index is 0.0323. The summed E-state index contributed by atoms with van der Waals surface area (Å²) in [5, 5.41) is 6.97. The molecule has 0 radical (unpaired) electrons. The quantitative estimate of drug-likeness (QED) is 0.896. The Hall–Kier alpha value is -0.810. The van der Waals surface area contributed by atoms with Gasteiger partial charge in [0.05, 0.1) is 16.6 Å². The Bertz CT molecular complexity index is 467. The van der Waals surface area contributed by atoms with E-state index in [1.165, 1.54) is 0 Å². The molecule has 0 aromatic heterocycles. The molecule has 0 saturated carbocycles. The lowest BCUT2D eigenvalue weighted by Gasteiger charge is -2.15. The van der Waals surface area contributed by atoms with Gasteiger partial charge in [-0.1, -0.05) is 23.2 Å². The van der Waals surface area contributed by atoms with Crippen LogP contribution in [0.25, 0.3) is 0 Å². The molecule has 2 rings (SSSR count).